The minimum Gasteiger partial charge on any atom is -0.485 e. The number of aryl methyl sites for hydroxylation is 1. The minimum absolute atomic E-state index is 0.0590. The summed E-state index contributed by atoms with van der Waals surface area (Å²) < 4.78 is 19.3. The van der Waals surface area contributed by atoms with Crippen molar-refractivity contribution in [3.05, 3.63) is 95.1 Å². The number of ether oxygens (including phenoxy) is 3. The molecule has 0 aliphatic carbocycles. The summed E-state index contributed by atoms with van der Waals surface area (Å²) >= 11 is 0. The van der Waals surface area contributed by atoms with Gasteiger partial charge in [0.15, 0.2) is 0 Å². The molecule has 0 saturated carbocycles. The van der Waals surface area contributed by atoms with Crippen molar-refractivity contribution in [2.24, 2.45) is 0 Å². The second-order valence-corrected chi connectivity index (χ2v) is 9.62. The third-order valence-corrected chi connectivity index (χ3v) is 5.96. The van der Waals surface area contributed by atoms with Crippen LogP contribution >= 0.6 is 0 Å². The van der Waals surface area contributed by atoms with Crippen molar-refractivity contribution in [1.29, 1.82) is 0 Å². The summed E-state index contributed by atoms with van der Waals surface area (Å²) in [7, 11) is 0. The predicted octanol–water partition coefficient (Wildman–Crippen LogP) is 6.83. The van der Waals surface area contributed by atoms with Crippen LogP contribution in [0.1, 0.15) is 56.1 Å². The minimum atomic E-state index is -0.530. The standard InChI is InChI=1S/C29H35NO3/c1-20(2)32-27-25-17-24(30-18-22-13-11-21(3)12-14-22)15-16-26(25)33-29(4,5)28(27)31-19-23-9-7-6-8-10-23/h6-17,20,27-28,30H,18-19H2,1-5H3. The number of fused-ring (bicyclic) bond motifs is 1. The van der Waals surface area contributed by atoms with Crippen molar-refractivity contribution in [1.82, 2.24) is 0 Å². The van der Waals surface area contributed by atoms with Crippen LogP contribution in [-0.2, 0) is 22.6 Å². The van der Waals surface area contributed by atoms with Crippen LogP contribution in [0.4, 0.5) is 5.69 Å². The first-order valence-corrected chi connectivity index (χ1v) is 11.8. The van der Waals surface area contributed by atoms with Crippen LogP contribution in [0.15, 0.2) is 72.8 Å². The van der Waals surface area contributed by atoms with Crippen molar-refractivity contribution in [2.45, 2.75) is 71.7 Å². The summed E-state index contributed by atoms with van der Waals surface area (Å²) in [5.41, 5.74) is 5.18. The molecule has 0 fully saturated rings. The SMILES string of the molecule is Cc1ccc(CNc2ccc3c(c2)C(OC(C)C)C(OCc2ccccc2)C(C)(C)O3)cc1. The molecule has 2 atom stereocenters. The Labute approximate surface area is 197 Å². The van der Waals surface area contributed by atoms with E-state index in [2.05, 4.69) is 88.5 Å². The molecule has 0 bridgehead atoms. The molecule has 0 spiro atoms. The molecule has 1 heterocycles. The second kappa shape index (κ2) is 9.98. The van der Waals surface area contributed by atoms with Gasteiger partial charge >= 0.3 is 0 Å². The average molecular weight is 446 g/mol. The molecule has 4 heteroatoms. The lowest BCUT2D eigenvalue weighted by atomic mass is 9.87. The maximum atomic E-state index is 6.46. The van der Waals surface area contributed by atoms with Gasteiger partial charge in [0.2, 0.25) is 0 Å². The van der Waals surface area contributed by atoms with E-state index in [-0.39, 0.29) is 18.3 Å². The Morgan fingerprint density at radius 1 is 0.939 bits per heavy atom. The normalized spacial score (nSPS) is 19.1. The Morgan fingerprint density at radius 2 is 1.67 bits per heavy atom. The number of benzene rings is 3. The molecule has 4 rings (SSSR count). The lowest BCUT2D eigenvalue weighted by Gasteiger charge is -2.45. The van der Waals surface area contributed by atoms with Crippen molar-refractivity contribution < 1.29 is 14.2 Å². The van der Waals surface area contributed by atoms with E-state index in [1.54, 1.807) is 0 Å². The third kappa shape index (κ3) is 5.76. The highest BCUT2D eigenvalue weighted by Crippen LogP contribution is 2.45. The molecule has 1 aliphatic rings. The molecular weight excluding hydrogens is 410 g/mol. The van der Waals surface area contributed by atoms with E-state index in [1.807, 2.05) is 24.3 Å². The highest BCUT2D eigenvalue weighted by atomic mass is 16.6. The summed E-state index contributed by atoms with van der Waals surface area (Å²) in [4.78, 5) is 0. The van der Waals surface area contributed by atoms with Gasteiger partial charge in [0.25, 0.3) is 0 Å². The van der Waals surface area contributed by atoms with E-state index in [9.17, 15) is 0 Å². The zero-order valence-corrected chi connectivity index (χ0v) is 20.3. The van der Waals surface area contributed by atoms with E-state index in [1.165, 1.54) is 11.1 Å². The largest absolute Gasteiger partial charge is 0.485 e. The van der Waals surface area contributed by atoms with Crippen molar-refractivity contribution in [3.63, 3.8) is 0 Å². The molecular formula is C29H35NO3. The van der Waals surface area contributed by atoms with Gasteiger partial charge in [0.05, 0.1) is 12.7 Å². The Kier molecular flexibility index (Phi) is 7.06. The Bertz CT molecular complexity index is 1040. The average Bonchev–Trinajstić information content (AvgIpc) is 2.78. The first-order chi connectivity index (χ1) is 15.8. The van der Waals surface area contributed by atoms with Crippen LogP contribution in [0.3, 0.4) is 0 Å². The van der Waals surface area contributed by atoms with Crippen LogP contribution in [0.2, 0.25) is 0 Å². The predicted molar refractivity (Wildman–Crippen MR) is 134 cm³/mol. The van der Waals surface area contributed by atoms with Crippen molar-refractivity contribution in [2.75, 3.05) is 5.32 Å². The van der Waals surface area contributed by atoms with Gasteiger partial charge in [-0.25, -0.2) is 0 Å². The van der Waals surface area contributed by atoms with E-state index in [4.69, 9.17) is 14.2 Å². The molecule has 4 nitrogen and oxygen atoms in total. The topological polar surface area (TPSA) is 39.7 Å². The number of anilines is 1. The lowest BCUT2D eigenvalue weighted by Crippen LogP contribution is -2.51. The van der Waals surface area contributed by atoms with E-state index >= 15 is 0 Å². The summed E-state index contributed by atoms with van der Waals surface area (Å²) in [6.07, 6.45) is -0.419. The van der Waals surface area contributed by atoms with Gasteiger partial charge in [0.1, 0.15) is 23.6 Å². The smallest absolute Gasteiger partial charge is 0.132 e. The number of hydrogen-bond acceptors (Lipinski definition) is 4. The molecule has 1 N–H and O–H groups in total. The summed E-state index contributed by atoms with van der Waals surface area (Å²) in [6.45, 7) is 11.7. The van der Waals surface area contributed by atoms with Gasteiger partial charge in [-0.3, -0.25) is 0 Å². The maximum Gasteiger partial charge on any atom is 0.132 e. The van der Waals surface area contributed by atoms with Gasteiger partial charge in [0, 0.05) is 17.8 Å². The van der Waals surface area contributed by atoms with Crippen molar-refractivity contribution >= 4 is 5.69 Å². The highest BCUT2D eigenvalue weighted by molar-refractivity contribution is 5.54. The molecule has 174 valence electrons. The zero-order chi connectivity index (χ0) is 23.4. The van der Waals surface area contributed by atoms with Crippen LogP contribution < -0.4 is 10.1 Å². The van der Waals surface area contributed by atoms with Crippen LogP contribution in [0.25, 0.3) is 0 Å². The van der Waals surface area contributed by atoms with Gasteiger partial charge in [-0.2, -0.15) is 0 Å². The van der Waals surface area contributed by atoms with Crippen LogP contribution in [-0.4, -0.2) is 17.8 Å². The maximum absolute atomic E-state index is 6.46. The summed E-state index contributed by atoms with van der Waals surface area (Å²) in [5, 5.41) is 3.55. The molecule has 3 aromatic carbocycles. The first kappa shape index (κ1) is 23.3. The molecule has 1 aliphatic heterocycles. The number of hydrogen-bond donors (Lipinski definition) is 1. The fraction of sp³-hybridized carbons (Fsp3) is 0.379. The lowest BCUT2D eigenvalue weighted by molar-refractivity contribution is -0.177. The highest BCUT2D eigenvalue weighted by Gasteiger charge is 2.46. The second-order valence-electron chi connectivity index (χ2n) is 9.62. The molecule has 3 aromatic rings. The molecule has 33 heavy (non-hydrogen) atoms. The fourth-order valence-electron chi connectivity index (χ4n) is 4.24. The van der Waals surface area contributed by atoms with Gasteiger partial charge in [-0.1, -0.05) is 60.2 Å². The molecule has 2 unspecified atom stereocenters. The monoisotopic (exact) mass is 445 g/mol. The Balaban J connectivity index is 1.58. The van der Waals surface area contributed by atoms with Gasteiger partial charge < -0.3 is 19.5 Å². The summed E-state index contributed by atoms with van der Waals surface area (Å²) in [5.74, 6) is 0.853. The van der Waals surface area contributed by atoms with E-state index in [0.29, 0.717) is 6.61 Å². The number of nitrogens with one attached hydrogen (secondary N) is 1. The van der Waals surface area contributed by atoms with Crippen molar-refractivity contribution in [3.8, 4) is 5.75 Å². The Hall–Kier alpha value is -2.82. The van der Waals surface area contributed by atoms with Crippen LogP contribution in [0, 0.1) is 6.92 Å². The van der Waals surface area contributed by atoms with E-state index < -0.39 is 5.60 Å². The van der Waals surface area contributed by atoms with E-state index in [0.717, 1.165) is 29.1 Å². The molecule has 0 saturated heterocycles. The quantitative estimate of drug-likeness (QED) is 0.412. The molecule has 0 radical (unpaired) electrons. The van der Waals surface area contributed by atoms with Crippen LogP contribution in [0.5, 0.6) is 5.75 Å². The Morgan fingerprint density at radius 3 is 2.36 bits per heavy atom. The fourth-order valence-corrected chi connectivity index (χ4v) is 4.24. The summed E-state index contributed by atoms with van der Waals surface area (Å²) in [6, 6.07) is 25.1. The zero-order valence-electron chi connectivity index (χ0n) is 20.3. The van der Waals surface area contributed by atoms with Gasteiger partial charge in [-0.15, -0.1) is 0 Å². The number of rotatable bonds is 8. The third-order valence-electron chi connectivity index (χ3n) is 5.96. The molecule has 0 amide bonds. The van der Waals surface area contributed by atoms with Gasteiger partial charge in [-0.05, 0) is 63.9 Å². The molecule has 0 aromatic heterocycles. The first-order valence-electron chi connectivity index (χ1n) is 11.8.